The Labute approximate surface area is 129 Å². The topological polar surface area (TPSA) is 57.6 Å². The van der Waals surface area contributed by atoms with Crippen LogP contribution in [0.1, 0.15) is 29.0 Å². The second-order valence-electron chi connectivity index (χ2n) is 4.96. The van der Waals surface area contributed by atoms with Gasteiger partial charge < -0.3 is 5.11 Å². The average molecular weight is 325 g/mol. The number of aryl methyl sites for hydroxylation is 1. The van der Waals surface area contributed by atoms with Gasteiger partial charge in [0.2, 0.25) is 10.0 Å². The minimum atomic E-state index is -3.58. The fraction of sp³-hybridized carbons (Fsp3) is 0.333. The molecule has 1 unspecified atom stereocenters. The molecule has 0 amide bonds. The second kappa shape index (κ2) is 6.27. The highest BCUT2D eigenvalue weighted by Gasteiger charge is 2.27. The van der Waals surface area contributed by atoms with Gasteiger partial charge in [-0.3, -0.25) is 0 Å². The molecule has 1 heterocycles. The van der Waals surface area contributed by atoms with E-state index in [4.69, 9.17) is 0 Å². The van der Waals surface area contributed by atoms with E-state index in [1.165, 1.54) is 15.6 Å². The molecule has 21 heavy (non-hydrogen) atoms. The van der Waals surface area contributed by atoms with Gasteiger partial charge in [-0.25, -0.2) is 8.42 Å². The first kappa shape index (κ1) is 16.2. The Balaban J connectivity index is 2.37. The van der Waals surface area contributed by atoms with E-state index >= 15 is 0 Å². The second-order valence-corrected chi connectivity index (χ2v) is 7.94. The van der Waals surface area contributed by atoms with Gasteiger partial charge in [-0.15, -0.1) is 11.3 Å². The predicted octanol–water partition coefficient (Wildman–Crippen LogP) is 2.93. The van der Waals surface area contributed by atoms with Gasteiger partial charge in [0.25, 0.3) is 0 Å². The first-order chi connectivity index (χ1) is 9.87. The number of hydrogen-bond donors (Lipinski definition) is 1. The number of aliphatic hydroxyl groups excluding tert-OH is 1. The van der Waals surface area contributed by atoms with Crippen LogP contribution in [0.3, 0.4) is 0 Å². The molecule has 0 saturated carbocycles. The smallest absolute Gasteiger partial charge is 0.243 e. The van der Waals surface area contributed by atoms with Crippen LogP contribution in [0.25, 0.3) is 0 Å². The van der Waals surface area contributed by atoms with Gasteiger partial charge in [0.05, 0.1) is 17.5 Å². The van der Waals surface area contributed by atoms with E-state index in [0.29, 0.717) is 5.56 Å². The molecule has 6 heteroatoms. The first-order valence-corrected chi connectivity index (χ1v) is 8.91. The maximum absolute atomic E-state index is 12.7. The Morgan fingerprint density at radius 2 is 2.05 bits per heavy atom. The van der Waals surface area contributed by atoms with E-state index in [1.807, 2.05) is 31.4 Å². The Bertz CT molecular complexity index is 709. The zero-order chi connectivity index (χ0) is 15.6. The molecule has 0 bridgehead atoms. The Morgan fingerprint density at radius 3 is 2.62 bits per heavy atom. The van der Waals surface area contributed by atoms with Crippen LogP contribution >= 0.6 is 11.3 Å². The van der Waals surface area contributed by atoms with Crippen LogP contribution < -0.4 is 0 Å². The van der Waals surface area contributed by atoms with Crippen molar-refractivity contribution in [2.45, 2.75) is 31.4 Å². The summed E-state index contributed by atoms with van der Waals surface area (Å²) in [7, 11) is -2.00. The molecular formula is C15H19NO3S2. The lowest BCUT2D eigenvalue weighted by atomic mass is 10.1. The van der Waals surface area contributed by atoms with Gasteiger partial charge in [0.15, 0.2) is 0 Å². The quantitative estimate of drug-likeness (QED) is 0.919. The van der Waals surface area contributed by atoms with Gasteiger partial charge in [-0.1, -0.05) is 12.1 Å². The molecule has 0 aliphatic rings. The summed E-state index contributed by atoms with van der Waals surface area (Å²) in [6.45, 7) is 3.55. The molecule has 0 radical (unpaired) electrons. The Morgan fingerprint density at radius 1 is 1.33 bits per heavy atom. The molecule has 2 rings (SSSR count). The normalized spacial score (nSPS) is 13.6. The van der Waals surface area contributed by atoms with Crippen molar-refractivity contribution in [2.24, 2.45) is 0 Å². The third-order valence-electron chi connectivity index (χ3n) is 3.67. The molecule has 1 N–H and O–H groups in total. The van der Waals surface area contributed by atoms with E-state index in [2.05, 4.69) is 0 Å². The molecule has 0 aliphatic carbocycles. The zero-order valence-corrected chi connectivity index (χ0v) is 13.9. The van der Waals surface area contributed by atoms with E-state index in [-0.39, 0.29) is 17.5 Å². The number of nitrogens with zero attached hydrogens (tertiary/aromatic N) is 1. The van der Waals surface area contributed by atoms with Crippen LogP contribution in [-0.4, -0.2) is 24.9 Å². The SMILES string of the molecule is Cc1ccc(S(=O)(=O)N(C)C(C)c2cccs2)cc1CO. The minimum Gasteiger partial charge on any atom is -0.392 e. The van der Waals surface area contributed by atoms with Crippen LogP contribution in [-0.2, 0) is 16.6 Å². The summed E-state index contributed by atoms with van der Waals surface area (Å²) in [4.78, 5) is 1.21. The molecule has 2 aromatic rings. The highest BCUT2D eigenvalue weighted by Crippen LogP contribution is 2.29. The van der Waals surface area contributed by atoms with Gasteiger partial charge in [-0.2, -0.15) is 4.31 Å². The molecule has 1 aromatic carbocycles. The highest BCUT2D eigenvalue weighted by atomic mass is 32.2. The predicted molar refractivity (Wildman–Crippen MR) is 84.8 cm³/mol. The zero-order valence-electron chi connectivity index (χ0n) is 12.3. The van der Waals surface area contributed by atoms with Crippen molar-refractivity contribution in [1.82, 2.24) is 4.31 Å². The summed E-state index contributed by atoms with van der Waals surface area (Å²) < 4.78 is 26.8. The summed E-state index contributed by atoms with van der Waals surface area (Å²) in [5.74, 6) is 0. The van der Waals surface area contributed by atoms with Gasteiger partial charge in [0.1, 0.15) is 0 Å². The third-order valence-corrected chi connectivity index (χ3v) is 6.64. The molecule has 0 spiro atoms. The summed E-state index contributed by atoms with van der Waals surface area (Å²) in [5.41, 5.74) is 1.51. The van der Waals surface area contributed by atoms with Crippen molar-refractivity contribution < 1.29 is 13.5 Å². The van der Waals surface area contributed by atoms with Crippen molar-refractivity contribution in [3.05, 3.63) is 51.7 Å². The first-order valence-electron chi connectivity index (χ1n) is 6.59. The van der Waals surface area contributed by atoms with Crippen LogP contribution in [0.15, 0.2) is 40.6 Å². The van der Waals surface area contributed by atoms with E-state index in [0.717, 1.165) is 10.4 Å². The molecule has 1 atom stereocenters. The standard InChI is InChI=1S/C15H19NO3S2/c1-11-6-7-14(9-13(11)10-17)21(18,19)16(3)12(2)15-5-4-8-20-15/h4-9,12,17H,10H2,1-3H3. The van der Waals surface area contributed by atoms with Crippen molar-refractivity contribution in [2.75, 3.05) is 7.05 Å². The number of thiophene rings is 1. The number of benzene rings is 1. The monoisotopic (exact) mass is 325 g/mol. The molecule has 0 aliphatic heterocycles. The van der Waals surface area contributed by atoms with Crippen molar-refractivity contribution in [3.8, 4) is 0 Å². The lowest BCUT2D eigenvalue weighted by Crippen LogP contribution is -2.29. The summed E-state index contributed by atoms with van der Waals surface area (Å²) in [6.07, 6.45) is 0. The van der Waals surface area contributed by atoms with Gasteiger partial charge in [0, 0.05) is 11.9 Å². The Kier molecular flexibility index (Phi) is 4.83. The van der Waals surface area contributed by atoms with E-state index in [9.17, 15) is 13.5 Å². The summed E-state index contributed by atoms with van der Waals surface area (Å²) in [6, 6.07) is 8.46. The van der Waals surface area contributed by atoms with Crippen LogP contribution in [0.5, 0.6) is 0 Å². The summed E-state index contributed by atoms with van der Waals surface area (Å²) in [5, 5.41) is 11.2. The third kappa shape index (κ3) is 3.18. The molecule has 0 saturated heterocycles. The fourth-order valence-corrected chi connectivity index (χ4v) is 4.35. The van der Waals surface area contributed by atoms with Crippen LogP contribution in [0.2, 0.25) is 0 Å². The lowest BCUT2D eigenvalue weighted by molar-refractivity contribution is 0.280. The van der Waals surface area contributed by atoms with E-state index in [1.54, 1.807) is 25.2 Å². The summed E-state index contributed by atoms with van der Waals surface area (Å²) >= 11 is 1.53. The lowest BCUT2D eigenvalue weighted by Gasteiger charge is -2.24. The molecule has 1 aromatic heterocycles. The molecule has 4 nitrogen and oxygen atoms in total. The number of aliphatic hydroxyl groups is 1. The average Bonchev–Trinajstić information content (AvgIpc) is 3.00. The van der Waals surface area contributed by atoms with Gasteiger partial charge >= 0.3 is 0 Å². The highest BCUT2D eigenvalue weighted by molar-refractivity contribution is 7.89. The number of hydrogen-bond acceptors (Lipinski definition) is 4. The number of sulfonamides is 1. The van der Waals surface area contributed by atoms with Crippen molar-refractivity contribution in [1.29, 1.82) is 0 Å². The van der Waals surface area contributed by atoms with Crippen LogP contribution in [0, 0.1) is 6.92 Å². The Hall–Kier alpha value is -1.21. The maximum Gasteiger partial charge on any atom is 0.243 e. The van der Waals surface area contributed by atoms with Gasteiger partial charge in [-0.05, 0) is 48.6 Å². The van der Waals surface area contributed by atoms with E-state index < -0.39 is 10.0 Å². The number of rotatable bonds is 5. The minimum absolute atomic E-state index is 0.167. The van der Waals surface area contributed by atoms with Crippen molar-refractivity contribution >= 4 is 21.4 Å². The molecule has 0 fully saturated rings. The maximum atomic E-state index is 12.7. The fourth-order valence-electron chi connectivity index (χ4n) is 2.06. The largest absolute Gasteiger partial charge is 0.392 e. The molecular weight excluding hydrogens is 306 g/mol. The van der Waals surface area contributed by atoms with Crippen molar-refractivity contribution in [3.63, 3.8) is 0 Å². The molecule has 114 valence electrons. The van der Waals surface area contributed by atoms with Crippen LogP contribution in [0.4, 0.5) is 0 Å².